The van der Waals surface area contributed by atoms with Gasteiger partial charge in [-0.25, -0.2) is 9.59 Å². The van der Waals surface area contributed by atoms with Crippen molar-refractivity contribution in [2.45, 2.75) is 19.9 Å². The fourth-order valence-electron chi connectivity index (χ4n) is 3.22. The zero-order valence-corrected chi connectivity index (χ0v) is 16.5. The Bertz CT molecular complexity index is 1000. The molecule has 0 saturated heterocycles. The van der Waals surface area contributed by atoms with Crippen LogP contribution in [0.2, 0.25) is 0 Å². The first-order valence-electron chi connectivity index (χ1n) is 9.41. The quantitative estimate of drug-likeness (QED) is 0.410. The van der Waals surface area contributed by atoms with Gasteiger partial charge in [0, 0.05) is 17.7 Å². The molecule has 9 nitrogen and oxygen atoms in total. The van der Waals surface area contributed by atoms with E-state index in [0.29, 0.717) is 17.9 Å². The molecule has 0 aliphatic carbocycles. The molecule has 156 valence electrons. The van der Waals surface area contributed by atoms with Crippen LogP contribution in [0.25, 0.3) is 5.70 Å². The van der Waals surface area contributed by atoms with Crippen LogP contribution in [0.3, 0.4) is 0 Å². The lowest BCUT2D eigenvalue weighted by Crippen LogP contribution is -2.45. The average Bonchev–Trinajstić information content (AvgIpc) is 2.74. The van der Waals surface area contributed by atoms with Crippen LogP contribution in [0.5, 0.6) is 5.75 Å². The number of carbonyl (C=O) groups is 2. The molecule has 1 heterocycles. The Morgan fingerprint density at radius 2 is 1.87 bits per heavy atom. The second-order valence-electron chi connectivity index (χ2n) is 6.32. The van der Waals surface area contributed by atoms with E-state index in [4.69, 9.17) is 9.47 Å². The maximum Gasteiger partial charge on any atom is 0.338 e. The van der Waals surface area contributed by atoms with Crippen LogP contribution in [0.15, 0.2) is 54.1 Å². The molecule has 2 N–H and O–H groups in total. The summed E-state index contributed by atoms with van der Waals surface area (Å²) < 4.78 is 10.9. The summed E-state index contributed by atoms with van der Waals surface area (Å²) in [6.07, 6.45) is 0. The van der Waals surface area contributed by atoms with Crippen LogP contribution in [-0.4, -0.2) is 30.1 Å². The standard InChI is InChI=1S/C21H21N3O6/c1-3-29-16-11-10-14(24(27)28)12-15(16)19-17(20(25)30-4-2)18(22-21(26)23-19)13-8-6-5-7-9-13/h5-12,19H,3-4H2,1-2H3,(H2,22,23,26)/t19-/m1/s1. The Morgan fingerprint density at radius 1 is 1.13 bits per heavy atom. The van der Waals surface area contributed by atoms with E-state index in [2.05, 4.69) is 10.6 Å². The highest BCUT2D eigenvalue weighted by molar-refractivity contribution is 6.04. The molecule has 0 bridgehead atoms. The minimum Gasteiger partial charge on any atom is -0.493 e. The monoisotopic (exact) mass is 411 g/mol. The highest BCUT2D eigenvalue weighted by Crippen LogP contribution is 2.38. The Morgan fingerprint density at radius 3 is 2.50 bits per heavy atom. The number of amides is 2. The fraction of sp³-hybridized carbons (Fsp3) is 0.238. The third-order valence-corrected chi connectivity index (χ3v) is 4.44. The summed E-state index contributed by atoms with van der Waals surface area (Å²) in [7, 11) is 0. The van der Waals surface area contributed by atoms with Crippen molar-refractivity contribution in [3.05, 3.63) is 75.3 Å². The van der Waals surface area contributed by atoms with Gasteiger partial charge >= 0.3 is 12.0 Å². The number of ether oxygens (including phenoxy) is 2. The lowest BCUT2D eigenvalue weighted by molar-refractivity contribution is -0.385. The first kappa shape index (κ1) is 20.8. The molecular formula is C21H21N3O6. The Kier molecular flexibility index (Phi) is 6.31. The number of esters is 1. The SMILES string of the molecule is CCOC(=O)C1=C(c2ccccc2)NC(=O)N[C@@H]1c1cc([N+](=O)[O-])ccc1OCC. The third kappa shape index (κ3) is 4.24. The zero-order valence-electron chi connectivity index (χ0n) is 16.5. The minimum absolute atomic E-state index is 0.123. The van der Waals surface area contributed by atoms with Gasteiger partial charge in [0.05, 0.1) is 35.4 Å². The Balaban J connectivity index is 2.25. The number of rotatable bonds is 7. The van der Waals surface area contributed by atoms with Crippen molar-refractivity contribution in [1.82, 2.24) is 10.6 Å². The van der Waals surface area contributed by atoms with Gasteiger partial charge in [0.1, 0.15) is 5.75 Å². The molecule has 3 rings (SSSR count). The molecule has 2 amide bonds. The molecule has 1 aliphatic rings. The van der Waals surface area contributed by atoms with Gasteiger partial charge in [0.25, 0.3) is 5.69 Å². The Labute approximate surface area is 172 Å². The maximum absolute atomic E-state index is 12.9. The average molecular weight is 411 g/mol. The van der Waals surface area contributed by atoms with Crippen LogP contribution in [0.4, 0.5) is 10.5 Å². The highest BCUT2D eigenvalue weighted by Gasteiger charge is 2.36. The van der Waals surface area contributed by atoms with Crippen molar-refractivity contribution in [3.63, 3.8) is 0 Å². The van der Waals surface area contributed by atoms with E-state index in [1.165, 1.54) is 18.2 Å². The van der Waals surface area contributed by atoms with Crippen LogP contribution in [0.1, 0.15) is 31.0 Å². The van der Waals surface area contributed by atoms with Crippen molar-refractivity contribution in [3.8, 4) is 5.75 Å². The molecule has 2 aromatic rings. The second kappa shape index (κ2) is 9.08. The summed E-state index contributed by atoms with van der Waals surface area (Å²) in [5.41, 5.74) is 1.10. The number of nitro groups is 1. The molecule has 1 aliphatic heterocycles. The second-order valence-corrected chi connectivity index (χ2v) is 6.32. The molecular weight excluding hydrogens is 390 g/mol. The predicted octanol–water partition coefficient (Wildman–Crippen LogP) is 3.32. The summed E-state index contributed by atoms with van der Waals surface area (Å²) in [5.74, 6) is -0.327. The third-order valence-electron chi connectivity index (χ3n) is 4.44. The summed E-state index contributed by atoms with van der Waals surface area (Å²) in [6.45, 7) is 3.86. The molecule has 0 fully saturated rings. The maximum atomic E-state index is 12.9. The number of nitrogens with zero attached hydrogens (tertiary/aromatic N) is 1. The van der Waals surface area contributed by atoms with Crippen molar-refractivity contribution in [2.24, 2.45) is 0 Å². The molecule has 30 heavy (non-hydrogen) atoms. The molecule has 0 aromatic heterocycles. The van der Waals surface area contributed by atoms with Gasteiger partial charge in [0.15, 0.2) is 0 Å². The van der Waals surface area contributed by atoms with E-state index in [9.17, 15) is 19.7 Å². The number of hydrogen-bond donors (Lipinski definition) is 2. The number of nitrogens with one attached hydrogen (secondary N) is 2. The van der Waals surface area contributed by atoms with E-state index < -0.39 is 23.0 Å². The lowest BCUT2D eigenvalue weighted by Gasteiger charge is -2.30. The first-order chi connectivity index (χ1) is 14.5. The van der Waals surface area contributed by atoms with Crippen LogP contribution in [0, 0.1) is 10.1 Å². The lowest BCUT2D eigenvalue weighted by atomic mass is 9.91. The summed E-state index contributed by atoms with van der Waals surface area (Å²) >= 11 is 0. The minimum atomic E-state index is -1.01. The normalized spacial score (nSPS) is 15.8. The van der Waals surface area contributed by atoms with E-state index in [-0.39, 0.29) is 29.1 Å². The summed E-state index contributed by atoms with van der Waals surface area (Å²) in [5, 5.41) is 16.7. The number of benzene rings is 2. The molecule has 9 heteroatoms. The van der Waals surface area contributed by atoms with Gasteiger partial charge in [-0.1, -0.05) is 30.3 Å². The smallest absolute Gasteiger partial charge is 0.338 e. The van der Waals surface area contributed by atoms with Crippen LogP contribution >= 0.6 is 0 Å². The molecule has 0 saturated carbocycles. The number of non-ortho nitro benzene ring substituents is 1. The van der Waals surface area contributed by atoms with Crippen molar-refractivity contribution < 1.29 is 24.0 Å². The van der Waals surface area contributed by atoms with Gasteiger partial charge in [-0.05, 0) is 25.5 Å². The molecule has 1 atom stereocenters. The number of nitro benzene ring substituents is 1. The van der Waals surface area contributed by atoms with Crippen LogP contribution in [-0.2, 0) is 9.53 Å². The van der Waals surface area contributed by atoms with E-state index in [0.717, 1.165) is 0 Å². The Hall–Kier alpha value is -3.88. The van der Waals surface area contributed by atoms with Gasteiger partial charge in [-0.15, -0.1) is 0 Å². The fourth-order valence-corrected chi connectivity index (χ4v) is 3.22. The highest BCUT2D eigenvalue weighted by atomic mass is 16.6. The van der Waals surface area contributed by atoms with Gasteiger partial charge in [-0.2, -0.15) is 0 Å². The zero-order chi connectivity index (χ0) is 21.7. The summed E-state index contributed by atoms with van der Waals surface area (Å²) in [6, 6.07) is 11.3. The number of urea groups is 1. The largest absolute Gasteiger partial charge is 0.493 e. The topological polar surface area (TPSA) is 120 Å². The molecule has 2 aromatic carbocycles. The number of hydrogen-bond acceptors (Lipinski definition) is 6. The van der Waals surface area contributed by atoms with Crippen molar-refractivity contribution >= 4 is 23.4 Å². The van der Waals surface area contributed by atoms with E-state index in [1.54, 1.807) is 38.1 Å². The molecule has 0 spiro atoms. The van der Waals surface area contributed by atoms with Crippen molar-refractivity contribution in [2.75, 3.05) is 13.2 Å². The van der Waals surface area contributed by atoms with E-state index in [1.807, 2.05) is 6.07 Å². The van der Waals surface area contributed by atoms with E-state index >= 15 is 0 Å². The summed E-state index contributed by atoms with van der Waals surface area (Å²) in [4.78, 5) is 36.2. The predicted molar refractivity (Wildman–Crippen MR) is 109 cm³/mol. The first-order valence-corrected chi connectivity index (χ1v) is 9.41. The van der Waals surface area contributed by atoms with Gasteiger partial charge in [-0.3, -0.25) is 10.1 Å². The molecule has 0 unspecified atom stereocenters. The number of carbonyl (C=O) groups excluding carboxylic acids is 2. The van der Waals surface area contributed by atoms with Gasteiger partial charge in [0.2, 0.25) is 0 Å². The molecule has 0 radical (unpaired) electrons. The van der Waals surface area contributed by atoms with Crippen molar-refractivity contribution in [1.29, 1.82) is 0 Å². The van der Waals surface area contributed by atoms with Gasteiger partial charge < -0.3 is 20.1 Å². The van der Waals surface area contributed by atoms with Crippen LogP contribution < -0.4 is 15.4 Å².